The molecule has 1 aliphatic carbocycles. The molecule has 0 aromatic heterocycles. The fourth-order valence-corrected chi connectivity index (χ4v) is 3.21. The molecule has 0 aliphatic heterocycles. The van der Waals surface area contributed by atoms with Crippen molar-refractivity contribution in [2.75, 3.05) is 13.6 Å². The van der Waals surface area contributed by atoms with Gasteiger partial charge in [0.25, 0.3) is 0 Å². The van der Waals surface area contributed by atoms with Crippen LogP contribution < -0.4 is 5.32 Å². The number of rotatable bonds is 8. The summed E-state index contributed by atoms with van der Waals surface area (Å²) in [5, 5.41) is 13.0. The monoisotopic (exact) mass is 241 g/mol. The Balaban J connectivity index is 2.27. The third-order valence-corrected chi connectivity index (χ3v) is 4.38. The first-order valence-corrected chi connectivity index (χ1v) is 7.55. The first kappa shape index (κ1) is 15.0. The van der Waals surface area contributed by atoms with Gasteiger partial charge >= 0.3 is 0 Å². The minimum absolute atomic E-state index is 0.0277. The Bertz CT molecular complexity index is 185. The topological polar surface area (TPSA) is 32.3 Å². The average Bonchev–Trinajstić information content (AvgIpc) is 2.33. The van der Waals surface area contributed by atoms with E-state index in [-0.39, 0.29) is 6.10 Å². The molecule has 2 heteroatoms. The lowest BCUT2D eigenvalue weighted by Crippen LogP contribution is -2.37. The molecule has 1 rings (SSSR count). The molecule has 1 aliphatic rings. The predicted octanol–water partition coefficient (Wildman–Crippen LogP) is 3.49. The maximum atomic E-state index is 9.63. The van der Waals surface area contributed by atoms with E-state index in [1.165, 1.54) is 51.4 Å². The van der Waals surface area contributed by atoms with Crippen LogP contribution in [0.2, 0.25) is 0 Å². The molecule has 2 nitrogen and oxygen atoms in total. The van der Waals surface area contributed by atoms with E-state index in [9.17, 15) is 5.11 Å². The van der Waals surface area contributed by atoms with Gasteiger partial charge in [0, 0.05) is 6.54 Å². The summed E-state index contributed by atoms with van der Waals surface area (Å²) in [6, 6.07) is 0. The van der Waals surface area contributed by atoms with Crippen molar-refractivity contribution in [1.29, 1.82) is 0 Å². The highest BCUT2D eigenvalue weighted by molar-refractivity contribution is 4.87. The number of aliphatic hydroxyl groups excluding tert-OH is 1. The highest BCUT2D eigenvalue weighted by Crippen LogP contribution is 2.40. The summed E-state index contributed by atoms with van der Waals surface area (Å²) in [6.07, 6.45) is 12.6. The van der Waals surface area contributed by atoms with Gasteiger partial charge in [-0.05, 0) is 44.6 Å². The molecule has 1 saturated carbocycles. The molecular formula is C15H31NO. The summed E-state index contributed by atoms with van der Waals surface area (Å²) in [4.78, 5) is 0. The summed E-state index contributed by atoms with van der Waals surface area (Å²) in [6.45, 7) is 3.40. The third-order valence-electron chi connectivity index (χ3n) is 4.38. The number of aliphatic hydroxyl groups is 1. The van der Waals surface area contributed by atoms with Crippen LogP contribution in [0.15, 0.2) is 0 Å². The number of unbranched alkanes of at least 4 members (excludes halogenated alkanes) is 4. The van der Waals surface area contributed by atoms with Crippen molar-refractivity contribution in [1.82, 2.24) is 5.32 Å². The molecule has 2 N–H and O–H groups in total. The molecule has 0 bridgehead atoms. The van der Waals surface area contributed by atoms with Crippen molar-refractivity contribution in [2.45, 2.75) is 77.2 Å². The summed E-state index contributed by atoms with van der Waals surface area (Å²) in [7, 11) is 2.06. The van der Waals surface area contributed by atoms with Gasteiger partial charge in [-0.1, -0.05) is 39.0 Å². The highest BCUT2D eigenvalue weighted by atomic mass is 16.3. The van der Waals surface area contributed by atoms with Crippen LogP contribution in [0.25, 0.3) is 0 Å². The van der Waals surface area contributed by atoms with Crippen LogP contribution in [0.5, 0.6) is 0 Å². The van der Waals surface area contributed by atoms with Gasteiger partial charge in [0.2, 0.25) is 0 Å². The molecule has 17 heavy (non-hydrogen) atoms. The van der Waals surface area contributed by atoms with Crippen molar-refractivity contribution in [3.8, 4) is 0 Å². The van der Waals surface area contributed by atoms with Crippen LogP contribution in [-0.2, 0) is 0 Å². The molecule has 0 amide bonds. The van der Waals surface area contributed by atoms with E-state index in [0.29, 0.717) is 5.41 Å². The van der Waals surface area contributed by atoms with Gasteiger partial charge in [0.1, 0.15) is 0 Å². The zero-order valence-electron chi connectivity index (χ0n) is 11.8. The van der Waals surface area contributed by atoms with Crippen molar-refractivity contribution in [2.24, 2.45) is 5.41 Å². The van der Waals surface area contributed by atoms with E-state index in [1.54, 1.807) is 0 Å². The lowest BCUT2D eigenvalue weighted by molar-refractivity contribution is 0.0564. The fraction of sp³-hybridized carbons (Fsp3) is 1.00. The quantitative estimate of drug-likeness (QED) is 0.638. The molecule has 0 heterocycles. The summed E-state index contributed by atoms with van der Waals surface area (Å²) >= 11 is 0. The second-order valence-electron chi connectivity index (χ2n) is 5.93. The first-order valence-electron chi connectivity index (χ1n) is 7.55. The molecule has 102 valence electrons. The lowest BCUT2D eigenvalue weighted by atomic mass is 9.70. The Morgan fingerprint density at radius 3 is 2.35 bits per heavy atom. The van der Waals surface area contributed by atoms with Crippen LogP contribution in [0, 0.1) is 5.41 Å². The van der Waals surface area contributed by atoms with Crippen LogP contribution in [0.3, 0.4) is 0 Å². The minimum atomic E-state index is -0.0277. The Morgan fingerprint density at radius 1 is 1.12 bits per heavy atom. The maximum absolute atomic E-state index is 9.63. The molecule has 0 aromatic rings. The van der Waals surface area contributed by atoms with Crippen LogP contribution in [-0.4, -0.2) is 24.8 Å². The standard InChI is InChI=1S/C15H31NO/c1-3-4-5-6-7-10-15(13-16-2)11-8-14(17)9-12-15/h14,16-17H,3-13H2,1-2H3. The van der Waals surface area contributed by atoms with Gasteiger partial charge in [-0.25, -0.2) is 0 Å². The number of hydrogen-bond donors (Lipinski definition) is 2. The van der Waals surface area contributed by atoms with Crippen molar-refractivity contribution < 1.29 is 5.11 Å². The summed E-state index contributed by atoms with van der Waals surface area (Å²) in [5.41, 5.74) is 0.486. The Hall–Kier alpha value is -0.0800. The van der Waals surface area contributed by atoms with Gasteiger partial charge in [-0.3, -0.25) is 0 Å². The minimum Gasteiger partial charge on any atom is -0.393 e. The number of hydrogen-bond acceptors (Lipinski definition) is 2. The van der Waals surface area contributed by atoms with E-state index in [4.69, 9.17) is 0 Å². The molecule has 0 aromatic carbocycles. The van der Waals surface area contributed by atoms with Crippen molar-refractivity contribution in [3.05, 3.63) is 0 Å². The van der Waals surface area contributed by atoms with E-state index in [0.717, 1.165) is 19.4 Å². The van der Waals surface area contributed by atoms with E-state index < -0.39 is 0 Å². The zero-order valence-corrected chi connectivity index (χ0v) is 11.8. The highest BCUT2D eigenvalue weighted by Gasteiger charge is 2.33. The largest absolute Gasteiger partial charge is 0.393 e. The van der Waals surface area contributed by atoms with E-state index in [1.807, 2.05) is 0 Å². The molecular weight excluding hydrogens is 210 g/mol. The normalized spacial score (nSPS) is 29.5. The number of nitrogens with one attached hydrogen (secondary N) is 1. The molecule has 0 atom stereocenters. The molecule has 0 saturated heterocycles. The molecule has 0 unspecified atom stereocenters. The molecule has 0 spiro atoms. The van der Waals surface area contributed by atoms with Crippen molar-refractivity contribution >= 4 is 0 Å². The Labute approximate surface area is 107 Å². The van der Waals surface area contributed by atoms with Gasteiger partial charge in [-0.15, -0.1) is 0 Å². The lowest BCUT2D eigenvalue weighted by Gasteiger charge is -2.39. The zero-order chi connectivity index (χ0) is 12.6. The molecule has 0 radical (unpaired) electrons. The Morgan fingerprint density at radius 2 is 1.76 bits per heavy atom. The third kappa shape index (κ3) is 5.39. The van der Waals surface area contributed by atoms with E-state index in [2.05, 4.69) is 19.3 Å². The van der Waals surface area contributed by atoms with Crippen LogP contribution in [0.1, 0.15) is 71.1 Å². The van der Waals surface area contributed by atoms with Gasteiger partial charge in [-0.2, -0.15) is 0 Å². The Kier molecular flexibility index (Phi) is 7.14. The summed E-state index contributed by atoms with van der Waals surface area (Å²) in [5.74, 6) is 0. The smallest absolute Gasteiger partial charge is 0.0540 e. The fourth-order valence-electron chi connectivity index (χ4n) is 3.21. The SMILES string of the molecule is CCCCCCCC1(CNC)CCC(O)CC1. The van der Waals surface area contributed by atoms with Crippen LogP contribution >= 0.6 is 0 Å². The predicted molar refractivity (Wildman–Crippen MR) is 74.2 cm³/mol. The second kappa shape index (κ2) is 8.10. The van der Waals surface area contributed by atoms with Gasteiger partial charge in [0.15, 0.2) is 0 Å². The van der Waals surface area contributed by atoms with Crippen molar-refractivity contribution in [3.63, 3.8) is 0 Å². The first-order chi connectivity index (χ1) is 8.22. The average molecular weight is 241 g/mol. The second-order valence-corrected chi connectivity index (χ2v) is 5.93. The maximum Gasteiger partial charge on any atom is 0.0540 e. The van der Waals surface area contributed by atoms with Gasteiger partial charge in [0.05, 0.1) is 6.10 Å². The molecule has 1 fully saturated rings. The van der Waals surface area contributed by atoms with Gasteiger partial charge < -0.3 is 10.4 Å². The van der Waals surface area contributed by atoms with Crippen LogP contribution in [0.4, 0.5) is 0 Å². The summed E-state index contributed by atoms with van der Waals surface area (Å²) < 4.78 is 0. The van der Waals surface area contributed by atoms with E-state index >= 15 is 0 Å².